The minimum Gasteiger partial charge on any atom is -0.207 e. The van der Waals surface area contributed by atoms with E-state index in [9.17, 15) is 17.2 Å². The molecular formula is C15H13F2NO2S2. The number of rotatable bonds is 3. The number of benzene rings is 2. The van der Waals surface area contributed by atoms with E-state index in [1.807, 2.05) is 24.3 Å². The van der Waals surface area contributed by atoms with Crippen molar-refractivity contribution < 1.29 is 17.2 Å². The van der Waals surface area contributed by atoms with Gasteiger partial charge in [-0.1, -0.05) is 18.2 Å². The largest absolute Gasteiger partial charge is 0.244 e. The number of thioether (sulfide) groups is 1. The summed E-state index contributed by atoms with van der Waals surface area (Å²) in [7, 11) is -4.13. The number of halogens is 2. The highest BCUT2D eigenvalue weighted by Crippen LogP contribution is 2.36. The molecule has 1 heterocycles. The first-order chi connectivity index (χ1) is 10.5. The van der Waals surface area contributed by atoms with Gasteiger partial charge in [-0.2, -0.15) is 0 Å². The van der Waals surface area contributed by atoms with E-state index in [0.29, 0.717) is 12.5 Å². The molecule has 0 fully saturated rings. The van der Waals surface area contributed by atoms with E-state index < -0.39 is 32.6 Å². The highest BCUT2D eigenvalue weighted by atomic mass is 32.2. The lowest BCUT2D eigenvalue weighted by atomic mass is 10.1. The third-order valence-electron chi connectivity index (χ3n) is 3.44. The van der Waals surface area contributed by atoms with Crippen molar-refractivity contribution in [2.45, 2.75) is 22.3 Å². The monoisotopic (exact) mass is 341 g/mol. The molecule has 7 heteroatoms. The van der Waals surface area contributed by atoms with E-state index >= 15 is 0 Å². The topological polar surface area (TPSA) is 46.2 Å². The second-order valence-electron chi connectivity index (χ2n) is 4.92. The zero-order chi connectivity index (χ0) is 15.7. The molecule has 1 aliphatic heterocycles. The molecular weight excluding hydrogens is 328 g/mol. The molecule has 22 heavy (non-hydrogen) atoms. The van der Waals surface area contributed by atoms with Crippen molar-refractivity contribution in [3.8, 4) is 0 Å². The Labute approximate surface area is 131 Å². The lowest BCUT2D eigenvalue weighted by Gasteiger charge is -2.25. The third-order valence-corrected chi connectivity index (χ3v) is 6.05. The molecule has 0 spiro atoms. The quantitative estimate of drug-likeness (QED) is 0.930. The molecule has 1 N–H and O–H groups in total. The van der Waals surface area contributed by atoms with Gasteiger partial charge in [-0.15, -0.1) is 11.8 Å². The smallest absolute Gasteiger partial charge is 0.207 e. The Morgan fingerprint density at radius 2 is 1.91 bits per heavy atom. The molecule has 0 bridgehead atoms. The minimum absolute atomic E-state index is 0.440. The van der Waals surface area contributed by atoms with Crippen LogP contribution >= 0.6 is 11.8 Å². The molecule has 1 aliphatic rings. The molecule has 0 aromatic heterocycles. The average molecular weight is 341 g/mol. The molecule has 116 valence electrons. The molecule has 0 saturated carbocycles. The molecule has 3 nitrogen and oxygen atoms in total. The molecule has 0 unspecified atom stereocenters. The maximum atomic E-state index is 13.7. The lowest BCUT2D eigenvalue weighted by molar-refractivity contribution is 0.526. The van der Waals surface area contributed by atoms with Crippen molar-refractivity contribution in [3.63, 3.8) is 0 Å². The predicted molar refractivity (Wildman–Crippen MR) is 81.2 cm³/mol. The first kappa shape index (κ1) is 15.5. The van der Waals surface area contributed by atoms with E-state index in [2.05, 4.69) is 4.72 Å². The van der Waals surface area contributed by atoms with E-state index in [4.69, 9.17) is 0 Å². The van der Waals surface area contributed by atoms with Gasteiger partial charge in [0.15, 0.2) is 0 Å². The summed E-state index contributed by atoms with van der Waals surface area (Å²) in [6, 6.07) is 9.44. The third kappa shape index (κ3) is 3.02. The van der Waals surface area contributed by atoms with Crippen LogP contribution in [0.3, 0.4) is 0 Å². The SMILES string of the molecule is O=S(=O)(N[C@H]1CCSc2ccccc21)c1cc(F)ccc1F. The van der Waals surface area contributed by atoms with Gasteiger partial charge in [0.1, 0.15) is 16.5 Å². The summed E-state index contributed by atoms with van der Waals surface area (Å²) in [5.74, 6) is -0.996. The molecule has 0 radical (unpaired) electrons. The van der Waals surface area contributed by atoms with Gasteiger partial charge in [0.2, 0.25) is 10.0 Å². The fourth-order valence-corrected chi connectivity index (χ4v) is 4.86. The van der Waals surface area contributed by atoms with Crippen molar-refractivity contribution in [2.24, 2.45) is 0 Å². The summed E-state index contributed by atoms with van der Waals surface area (Å²) >= 11 is 1.65. The van der Waals surface area contributed by atoms with Crippen molar-refractivity contribution in [3.05, 3.63) is 59.7 Å². The van der Waals surface area contributed by atoms with E-state index in [1.165, 1.54) is 0 Å². The van der Waals surface area contributed by atoms with Gasteiger partial charge in [0.25, 0.3) is 0 Å². The zero-order valence-corrected chi connectivity index (χ0v) is 13.1. The number of hydrogen-bond acceptors (Lipinski definition) is 3. The highest BCUT2D eigenvalue weighted by molar-refractivity contribution is 7.99. The minimum atomic E-state index is -4.13. The predicted octanol–water partition coefficient (Wildman–Crippen LogP) is 3.48. The second-order valence-corrected chi connectivity index (χ2v) is 7.74. The summed E-state index contributed by atoms with van der Waals surface area (Å²) in [5, 5.41) is 0. The van der Waals surface area contributed by atoms with Gasteiger partial charge >= 0.3 is 0 Å². The van der Waals surface area contributed by atoms with Gasteiger partial charge in [-0.25, -0.2) is 21.9 Å². The van der Waals surface area contributed by atoms with Gasteiger partial charge < -0.3 is 0 Å². The molecule has 0 saturated heterocycles. The first-order valence-electron chi connectivity index (χ1n) is 6.66. The van der Waals surface area contributed by atoms with Crippen LogP contribution in [0, 0.1) is 11.6 Å². The van der Waals surface area contributed by atoms with Crippen LogP contribution in [0.15, 0.2) is 52.3 Å². The second kappa shape index (κ2) is 5.98. The van der Waals surface area contributed by atoms with Gasteiger partial charge in [0, 0.05) is 10.9 Å². The Kier molecular flexibility index (Phi) is 4.20. The normalized spacial score (nSPS) is 18.0. The van der Waals surface area contributed by atoms with Crippen LogP contribution in [0.1, 0.15) is 18.0 Å². The number of nitrogens with one attached hydrogen (secondary N) is 1. The van der Waals surface area contributed by atoms with E-state index in [-0.39, 0.29) is 0 Å². The van der Waals surface area contributed by atoms with Crippen molar-refractivity contribution in [1.29, 1.82) is 0 Å². The molecule has 0 amide bonds. The maximum Gasteiger partial charge on any atom is 0.244 e. The number of hydrogen-bond donors (Lipinski definition) is 1. The Bertz CT molecular complexity index is 809. The number of sulfonamides is 1. The maximum absolute atomic E-state index is 13.7. The Morgan fingerprint density at radius 1 is 1.14 bits per heavy atom. The van der Waals surface area contributed by atoms with E-state index in [0.717, 1.165) is 28.3 Å². The van der Waals surface area contributed by atoms with Crippen molar-refractivity contribution >= 4 is 21.8 Å². The fraction of sp³-hybridized carbons (Fsp3) is 0.200. The van der Waals surface area contributed by atoms with E-state index in [1.54, 1.807) is 11.8 Å². The van der Waals surface area contributed by atoms with Crippen LogP contribution < -0.4 is 4.72 Å². The molecule has 2 aromatic carbocycles. The van der Waals surface area contributed by atoms with Crippen LogP contribution in [0.25, 0.3) is 0 Å². The Balaban J connectivity index is 1.95. The van der Waals surface area contributed by atoms with Crippen molar-refractivity contribution in [2.75, 3.05) is 5.75 Å². The van der Waals surface area contributed by atoms with Crippen LogP contribution in [0.2, 0.25) is 0 Å². The Hall–Kier alpha value is -1.44. The highest BCUT2D eigenvalue weighted by Gasteiger charge is 2.28. The van der Waals surface area contributed by atoms with Gasteiger partial charge in [-0.3, -0.25) is 0 Å². The van der Waals surface area contributed by atoms with Gasteiger partial charge in [0.05, 0.1) is 0 Å². The summed E-state index contributed by atoms with van der Waals surface area (Å²) in [6.45, 7) is 0. The lowest BCUT2D eigenvalue weighted by Crippen LogP contribution is -2.31. The molecule has 0 aliphatic carbocycles. The first-order valence-corrected chi connectivity index (χ1v) is 9.13. The fourth-order valence-electron chi connectivity index (χ4n) is 2.40. The molecule has 3 rings (SSSR count). The van der Waals surface area contributed by atoms with Crippen LogP contribution in [0.5, 0.6) is 0 Å². The van der Waals surface area contributed by atoms with Gasteiger partial charge in [-0.05, 0) is 42.0 Å². The summed E-state index contributed by atoms with van der Waals surface area (Å²) in [6.07, 6.45) is 0.595. The zero-order valence-electron chi connectivity index (χ0n) is 11.4. The Morgan fingerprint density at radius 3 is 2.73 bits per heavy atom. The van der Waals surface area contributed by atoms with Crippen LogP contribution in [-0.2, 0) is 10.0 Å². The van der Waals surface area contributed by atoms with Crippen LogP contribution in [-0.4, -0.2) is 14.2 Å². The summed E-state index contributed by atoms with van der Waals surface area (Å²) in [4.78, 5) is 0.337. The average Bonchev–Trinajstić information content (AvgIpc) is 2.50. The molecule has 1 atom stereocenters. The molecule has 2 aromatic rings. The van der Waals surface area contributed by atoms with Crippen molar-refractivity contribution in [1.82, 2.24) is 4.72 Å². The van der Waals surface area contributed by atoms with Crippen LogP contribution in [0.4, 0.5) is 8.78 Å². The number of fused-ring (bicyclic) bond motifs is 1. The summed E-state index contributed by atoms with van der Waals surface area (Å²) < 4.78 is 54.2. The summed E-state index contributed by atoms with van der Waals surface area (Å²) in [5.41, 5.74) is 0.860. The standard InChI is InChI=1S/C15H13F2NO2S2/c16-10-5-6-12(17)15(9-10)22(19,20)18-13-7-8-21-14-4-2-1-3-11(13)14/h1-6,9,13,18H,7-8H2/t13-/m0/s1.